The number of benzene rings is 1. The van der Waals surface area contributed by atoms with Crippen LogP contribution in [0.4, 0.5) is 5.82 Å². The van der Waals surface area contributed by atoms with E-state index < -0.39 is 9.84 Å². The molecule has 2 rings (SSSR count). The van der Waals surface area contributed by atoms with Gasteiger partial charge in [0, 0.05) is 24.4 Å². The van der Waals surface area contributed by atoms with Gasteiger partial charge in [-0.1, -0.05) is 43.7 Å². The third-order valence-electron chi connectivity index (χ3n) is 3.67. The Hall–Kier alpha value is -1.88. The summed E-state index contributed by atoms with van der Waals surface area (Å²) in [5.74, 6) is 0.408. The highest BCUT2D eigenvalue weighted by Gasteiger charge is 2.22. The van der Waals surface area contributed by atoms with Crippen LogP contribution in [0.5, 0.6) is 0 Å². The van der Waals surface area contributed by atoms with Gasteiger partial charge < -0.3 is 5.32 Å². The topological polar surface area (TPSA) is 59.1 Å². The molecule has 0 saturated carbocycles. The SMILES string of the molecule is Cc1cccc(C(C)(C)CNc2ncccc2S(C)(=O)=O)c1. The Kier molecular flexibility index (Phi) is 4.56. The second-order valence-corrected chi connectivity index (χ2v) is 8.21. The van der Waals surface area contributed by atoms with Gasteiger partial charge in [0.25, 0.3) is 0 Å². The normalized spacial score (nSPS) is 12.2. The van der Waals surface area contributed by atoms with Gasteiger partial charge in [0.15, 0.2) is 9.84 Å². The van der Waals surface area contributed by atoms with Crippen molar-refractivity contribution in [2.24, 2.45) is 0 Å². The second-order valence-electron chi connectivity index (χ2n) is 6.23. The molecule has 0 aliphatic heterocycles. The monoisotopic (exact) mass is 318 g/mol. The van der Waals surface area contributed by atoms with E-state index in [2.05, 4.69) is 49.3 Å². The van der Waals surface area contributed by atoms with Crippen molar-refractivity contribution in [3.05, 3.63) is 53.7 Å². The van der Waals surface area contributed by atoms with Crippen LogP contribution in [-0.4, -0.2) is 26.2 Å². The van der Waals surface area contributed by atoms with Crippen molar-refractivity contribution in [2.45, 2.75) is 31.1 Å². The van der Waals surface area contributed by atoms with Gasteiger partial charge in [-0.2, -0.15) is 0 Å². The summed E-state index contributed by atoms with van der Waals surface area (Å²) in [5.41, 5.74) is 2.27. The van der Waals surface area contributed by atoms with E-state index in [1.165, 1.54) is 17.4 Å². The standard InChI is InChI=1S/C17H22N2O2S/c1-13-7-5-8-14(11-13)17(2,3)12-19-16-15(22(4,20)21)9-6-10-18-16/h5-11H,12H2,1-4H3,(H,18,19). The van der Waals surface area contributed by atoms with E-state index in [0.29, 0.717) is 12.4 Å². The Labute approximate surface area is 132 Å². The summed E-state index contributed by atoms with van der Waals surface area (Å²) in [4.78, 5) is 4.40. The largest absolute Gasteiger partial charge is 0.368 e. The van der Waals surface area contributed by atoms with Crippen molar-refractivity contribution < 1.29 is 8.42 Å². The number of aryl methyl sites for hydroxylation is 1. The minimum Gasteiger partial charge on any atom is -0.368 e. The highest BCUT2D eigenvalue weighted by atomic mass is 32.2. The average molecular weight is 318 g/mol. The van der Waals surface area contributed by atoms with Crippen LogP contribution in [0.2, 0.25) is 0 Å². The van der Waals surface area contributed by atoms with Gasteiger partial charge in [0.2, 0.25) is 0 Å². The summed E-state index contributed by atoms with van der Waals surface area (Å²) in [7, 11) is -3.30. The minimum atomic E-state index is -3.30. The Morgan fingerprint density at radius 1 is 1.18 bits per heavy atom. The van der Waals surface area contributed by atoms with E-state index in [4.69, 9.17) is 0 Å². The second kappa shape index (κ2) is 6.08. The van der Waals surface area contributed by atoms with Crippen LogP contribution in [0.25, 0.3) is 0 Å². The molecule has 0 bridgehead atoms. The number of hydrogen-bond donors (Lipinski definition) is 1. The Bertz CT molecular complexity index is 768. The van der Waals surface area contributed by atoms with Crippen LogP contribution in [0.1, 0.15) is 25.0 Å². The van der Waals surface area contributed by atoms with Crippen LogP contribution < -0.4 is 5.32 Å². The zero-order valence-electron chi connectivity index (χ0n) is 13.4. The lowest BCUT2D eigenvalue weighted by atomic mass is 9.84. The maximum absolute atomic E-state index is 11.8. The molecule has 1 aromatic carbocycles. The Morgan fingerprint density at radius 3 is 2.55 bits per heavy atom. The predicted molar refractivity (Wildman–Crippen MR) is 90.0 cm³/mol. The zero-order chi connectivity index (χ0) is 16.4. The van der Waals surface area contributed by atoms with Crippen molar-refractivity contribution in [3.63, 3.8) is 0 Å². The van der Waals surface area contributed by atoms with Crippen LogP contribution >= 0.6 is 0 Å². The van der Waals surface area contributed by atoms with Gasteiger partial charge in [-0.3, -0.25) is 0 Å². The van der Waals surface area contributed by atoms with Gasteiger partial charge in [-0.05, 0) is 24.6 Å². The molecule has 0 aliphatic carbocycles. The van der Waals surface area contributed by atoms with Gasteiger partial charge in [0.05, 0.1) is 0 Å². The highest BCUT2D eigenvalue weighted by Crippen LogP contribution is 2.26. The predicted octanol–water partition coefficient (Wildman–Crippen LogP) is 3.18. The van der Waals surface area contributed by atoms with Crippen molar-refractivity contribution in [2.75, 3.05) is 18.1 Å². The first kappa shape index (κ1) is 16.5. The zero-order valence-corrected chi connectivity index (χ0v) is 14.2. The third-order valence-corrected chi connectivity index (χ3v) is 4.80. The fraction of sp³-hybridized carbons (Fsp3) is 0.353. The molecule has 0 saturated heterocycles. The van der Waals surface area contributed by atoms with Gasteiger partial charge >= 0.3 is 0 Å². The molecule has 22 heavy (non-hydrogen) atoms. The lowest BCUT2D eigenvalue weighted by Crippen LogP contribution is -2.28. The molecule has 1 N–H and O–H groups in total. The van der Waals surface area contributed by atoms with Gasteiger partial charge in [-0.25, -0.2) is 13.4 Å². The number of nitrogens with zero attached hydrogens (tertiary/aromatic N) is 1. The Morgan fingerprint density at radius 2 is 1.91 bits per heavy atom. The molecule has 0 fully saturated rings. The number of anilines is 1. The lowest BCUT2D eigenvalue weighted by molar-refractivity contribution is 0.554. The molecule has 0 aliphatic rings. The minimum absolute atomic E-state index is 0.141. The Balaban J connectivity index is 2.23. The smallest absolute Gasteiger partial charge is 0.179 e. The number of hydrogen-bond acceptors (Lipinski definition) is 4. The first-order valence-corrected chi connectivity index (χ1v) is 9.05. The highest BCUT2D eigenvalue weighted by molar-refractivity contribution is 7.90. The molecule has 2 aromatic rings. The molecular weight excluding hydrogens is 296 g/mol. The van der Waals surface area contributed by atoms with E-state index in [1.54, 1.807) is 18.3 Å². The summed E-state index contributed by atoms with van der Waals surface area (Å²) in [6.45, 7) is 6.90. The first-order chi connectivity index (χ1) is 10.2. The van der Waals surface area contributed by atoms with E-state index >= 15 is 0 Å². The number of sulfone groups is 1. The van der Waals surface area contributed by atoms with Crippen molar-refractivity contribution >= 4 is 15.7 Å². The third kappa shape index (κ3) is 3.85. The van der Waals surface area contributed by atoms with Gasteiger partial charge in [0.1, 0.15) is 10.7 Å². The van der Waals surface area contributed by atoms with Crippen LogP contribution in [0.15, 0.2) is 47.5 Å². The summed E-state index contributed by atoms with van der Waals surface area (Å²) in [6.07, 6.45) is 2.79. The first-order valence-electron chi connectivity index (χ1n) is 7.16. The maximum Gasteiger partial charge on any atom is 0.179 e. The summed E-state index contributed by atoms with van der Waals surface area (Å²) < 4.78 is 23.6. The van der Waals surface area contributed by atoms with Crippen LogP contribution in [0.3, 0.4) is 0 Å². The molecule has 0 radical (unpaired) electrons. The number of rotatable bonds is 5. The molecule has 0 spiro atoms. The number of pyridine rings is 1. The molecule has 5 heteroatoms. The van der Waals surface area contributed by atoms with Gasteiger partial charge in [-0.15, -0.1) is 0 Å². The summed E-state index contributed by atoms with van der Waals surface area (Å²) in [5, 5.41) is 3.19. The van der Waals surface area contributed by atoms with Crippen molar-refractivity contribution in [1.82, 2.24) is 4.98 Å². The van der Waals surface area contributed by atoms with Crippen LogP contribution in [0, 0.1) is 6.92 Å². The molecular formula is C17H22N2O2S. The molecule has 0 atom stereocenters. The number of aromatic nitrogens is 1. The fourth-order valence-corrected chi connectivity index (χ4v) is 3.10. The molecule has 0 amide bonds. The van der Waals surface area contributed by atoms with E-state index in [1.807, 2.05) is 6.07 Å². The lowest BCUT2D eigenvalue weighted by Gasteiger charge is -2.26. The summed E-state index contributed by atoms with van der Waals surface area (Å²) >= 11 is 0. The molecule has 118 valence electrons. The van der Waals surface area contributed by atoms with E-state index in [0.717, 1.165) is 0 Å². The molecule has 1 aromatic heterocycles. The molecule has 0 unspecified atom stereocenters. The summed E-state index contributed by atoms with van der Waals surface area (Å²) in [6, 6.07) is 11.5. The van der Waals surface area contributed by atoms with E-state index in [-0.39, 0.29) is 10.3 Å². The van der Waals surface area contributed by atoms with E-state index in [9.17, 15) is 8.42 Å². The average Bonchev–Trinajstić information content (AvgIpc) is 2.44. The maximum atomic E-state index is 11.8. The molecule has 1 heterocycles. The molecule has 4 nitrogen and oxygen atoms in total. The fourth-order valence-electron chi connectivity index (χ4n) is 2.30. The number of nitrogens with one attached hydrogen (secondary N) is 1. The van der Waals surface area contributed by atoms with Crippen LogP contribution in [-0.2, 0) is 15.3 Å². The van der Waals surface area contributed by atoms with Crippen molar-refractivity contribution in [3.8, 4) is 0 Å². The quantitative estimate of drug-likeness (QED) is 0.920. The van der Waals surface area contributed by atoms with Crippen molar-refractivity contribution in [1.29, 1.82) is 0 Å².